The SMILES string of the molecule is OB(O)c1c(F)cccc1F.OB(O)c1cc(F)cc(F)c1.OB(O)c1ccccc1.OB(O)c1ccccc1F. The molecule has 0 spiro atoms. The molecule has 0 bridgehead atoms. The second-order valence-corrected chi connectivity index (χ2v) is 7.76. The van der Waals surface area contributed by atoms with Crippen molar-refractivity contribution in [2.45, 2.75) is 0 Å². The fourth-order valence-corrected chi connectivity index (χ4v) is 2.79. The molecule has 4 aromatic carbocycles. The molecule has 0 aliphatic heterocycles. The molecule has 214 valence electrons. The van der Waals surface area contributed by atoms with Crippen molar-refractivity contribution in [3.05, 3.63) is 120 Å². The summed E-state index contributed by atoms with van der Waals surface area (Å²) in [6.45, 7) is 0. The summed E-state index contributed by atoms with van der Waals surface area (Å²) in [7, 11) is -7.00. The van der Waals surface area contributed by atoms with Crippen molar-refractivity contribution in [2.24, 2.45) is 0 Å². The number of benzene rings is 4. The highest BCUT2D eigenvalue weighted by molar-refractivity contribution is 6.59. The number of hydrogen-bond acceptors (Lipinski definition) is 8. The quantitative estimate of drug-likeness (QED) is 0.104. The summed E-state index contributed by atoms with van der Waals surface area (Å²) >= 11 is 0. The van der Waals surface area contributed by atoms with E-state index in [9.17, 15) is 22.0 Å². The molecule has 8 nitrogen and oxygen atoms in total. The third kappa shape index (κ3) is 13.1. The van der Waals surface area contributed by atoms with Crippen LogP contribution in [0.25, 0.3) is 0 Å². The third-order valence-electron chi connectivity index (χ3n) is 4.72. The van der Waals surface area contributed by atoms with Crippen molar-refractivity contribution in [1.29, 1.82) is 0 Å². The minimum atomic E-state index is -2.10. The zero-order valence-electron chi connectivity index (χ0n) is 20.9. The molecular formula is C24H23B4F5O8. The van der Waals surface area contributed by atoms with Gasteiger partial charge in [0.25, 0.3) is 0 Å². The fourth-order valence-electron chi connectivity index (χ4n) is 2.79. The van der Waals surface area contributed by atoms with Gasteiger partial charge in [-0.3, -0.25) is 0 Å². The van der Waals surface area contributed by atoms with Crippen molar-refractivity contribution in [3.63, 3.8) is 0 Å². The van der Waals surface area contributed by atoms with E-state index in [1.54, 1.807) is 24.3 Å². The van der Waals surface area contributed by atoms with Gasteiger partial charge in [-0.1, -0.05) is 54.6 Å². The predicted octanol–water partition coefficient (Wildman–Crippen LogP) is -1.84. The van der Waals surface area contributed by atoms with Crippen LogP contribution in [0.15, 0.2) is 91.0 Å². The first-order valence-electron chi connectivity index (χ1n) is 11.4. The molecular weight excluding hydrogens is 554 g/mol. The zero-order valence-corrected chi connectivity index (χ0v) is 20.9. The monoisotopic (exact) mass is 578 g/mol. The molecule has 0 fully saturated rings. The summed E-state index contributed by atoms with van der Waals surface area (Å²) in [5, 5.41) is 68.1. The summed E-state index contributed by atoms with van der Waals surface area (Å²) in [4.78, 5) is 0. The molecule has 0 unspecified atom stereocenters. The first kappa shape index (κ1) is 35.5. The highest BCUT2D eigenvalue weighted by atomic mass is 19.1. The van der Waals surface area contributed by atoms with Gasteiger partial charge in [0.15, 0.2) is 0 Å². The van der Waals surface area contributed by atoms with E-state index in [1.807, 2.05) is 6.07 Å². The van der Waals surface area contributed by atoms with Gasteiger partial charge in [0, 0.05) is 11.5 Å². The lowest BCUT2D eigenvalue weighted by Crippen LogP contribution is -2.35. The lowest BCUT2D eigenvalue weighted by molar-refractivity contribution is 0.418. The molecule has 0 heterocycles. The van der Waals surface area contributed by atoms with Crippen molar-refractivity contribution in [3.8, 4) is 0 Å². The number of hydrogen-bond donors (Lipinski definition) is 8. The molecule has 17 heteroatoms. The topological polar surface area (TPSA) is 162 Å². The molecule has 0 amide bonds. The molecule has 0 aliphatic carbocycles. The highest BCUT2D eigenvalue weighted by Crippen LogP contribution is 2.00. The zero-order chi connectivity index (χ0) is 31.1. The van der Waals surface area contributed by atoms with Crippen LogP contribution < -0.4 is 21.9 Å². The summed E-state index contributed by atoms with van der Waals surface area (Å²) < 4.78 is 62.3. The van der Waals surface area contributed by atoms with Crippen LogP contribution >= 0.6 is 0 Å². The van der Waals surface area contributed by atoms with Gasteiger partial charge in [0.2, 0.25) is 0 Å². The lowest BCUT2D eigenvalue weighted by atomic mass is 9.79. The summed E-state index contributed by atoms with van der Waals surface area (Å²) in [5.74, 6) is -4.17. The Morgan fingerprint density at radius 1 is 0.390 bits per heavy atom. The van der Waals surface area contributed by atoms with Crippen molar-refractivity contribution >= 4 is 50.3 Å². The van der Waals surface area contributed by atoms with Gasteiger partial charge in [-0.05, 0) is 41.3 Å². The van der Waals surface area contributed by atoms with Gasteiger partial charge in [-0.2, -0.15) is 0 Å². The Hall–Kier alpha value is -3.53. The van der Waals surface area contributed by atoms with Gasteiger partial charge in [-0.15, -0.1) is 0 Å². The van der Waals surface area contributed by atoms with Crippen LogP contribution in [-0.4, -0.2) is 68.7 Å². The lowest BCUT2D eigenvalue weighted by Gasteiger charge is -2.01. The molecule has 0 aromatic heterocycles. The van der Waals surface area contributed by atoms with E-state index in [4.69, 9.17) is 40.2 Å². The van der Waals surface area contributed by atoms with Crippen LogP contribution in [0.2, 0.25) is 0 Å². The Labute approximate surface area is 232 Å². The van der Waals surface area contributed by atoms with E-state index < -0.39 is 63.0 Å². The Balaban J connectivity index is 0.000000274. The maximum absolute atomic E-state index is 12.5. The molecule has 4 aromatic rings. The van der Waals surface area contributed by atoms with Gasteiger partial charge in [0.05, 0.1) is 5.46 Å². The minimum absolute atomic E-state index is 0.0949. The summed E-state index contributed by atoms with van der Waals surface area (Å²) in [6, 6.07) is 19.6. The average molecular weight is 578 g/mol. The van der Waals surface area contributed by atoms with Gasteiger partial charge < -0.3 is 40.2 Å². The van der Waals surface area contributed by atoms with Crippen LogP contribution in [-0.2, 0) is 0 Å². The fraction of sp³-hybridized carbons (Fsp3) is 0. The third-order valence-corrected chi connectivity index (χ3v) is 4.72. The molecule has 4 rings (SSSR count). The second kappa shape index (κ2) is 18.0. The van der Waals surface area contributed by atoms with Crippen LogP contribution in [0.1, 0.15) is 0 Å². The van der Waals surface area contributed by atoms with Gasteiger partial charge in [-0.25, -0.2) is 22.0 Å². The van der Waals surface area contributed by atoms with Crippen molar-refractivity contribution < 1.29 is 62.1 Å². The first-order valence-corrected chi connectivity index (χ1v) is 11.4. The van der Waals surface area contributed by atoms with Crippen molar-refractivity contribution in [1.82, 2.24) is 0 Å². The Kier molecular flexibility index (Phi) is 15.6. The van der Waals surface area contributed by atoms with Crippen molar-refractivity contribution in [2.75, 3.05) is 0 Å². The van der Waals surface area contributed by atoms with E-state index in [0.29, 0.717) is 11.5 Å². The van der Waals surface area contributed by atoms with Crippen LogP contribution in [0.3, 0.4) is 0 Å². The average Bonchev–Trinajstić information content (AvgIpc) is 2.89. The van der Waals surface area contributed by atoms with Gasteiger partial charge in [0.1, 0.15) is 29.1 Å². The number of halogens is 5. The Bertz CT molecular complexity index is 1300. The molecule has 0 saturated carbocycles. The molecule has 0 aliphatic rings. The van der Waals surface area contributed by atoms with Crippen LogP contribution in [0.5, 0.6) is 0 Å². The van der Waals surface area contributed by atoms with E-state index >= 15 is 0 Å². The predicted molar refractivity (Wildman–Crippen MR) is 145 cm³/mol. The second-order valence-electron chi connectivity index (χ2n) is 7.76. The minimum Gasteiger partial charge on any atom is -0.423 e. The normalized spacial score (nSPS) is 9.59. The maximum atomic E-state index is 12.5. The van der Waals surface area contributed by atoms with Crippen LogP contribution in [0.4, 0.5) is 22.0 Å². The number of rotatable bonds is 4. The molecule has 0 atom stereocenters. The standard InChI is InChI=1S/2C6H5BF2O2.C6H6BFO2.C6H7BO2/c8-5-1-4(7(10)11)2-6(9)3-5;8-4-2-1-3-5(9)6(4)7(10)11;8-6-4-2-1-3-5(6)7(9)10;8-7(9)6-4-2-1-3-5-6/h2*1-3,10-11H;1-4,9-10H;1-5,8-9H. The molecule has 0 saturated heterocycles. The summed E-state index contributed by atoms with van der Waals surface area (Å²) in [6.07, 6.45) is 0. The van der Waals surface area contributed by atoms with Gasteiger partial charge >= 0.3 is 28.5 Å². The van der Waals surface area contributed by atoms with Crippen LogP contribution in [0, 0.1) is 29.1 Å². The largest absolute Gasteiger partial charge is 0.494 e. The van der Waals surface area contributed by atoms with E-state index in [-0.39, 0.29) is 10.9 Å². The molecule has 41 heavy (non-hydrogen) atoms. The molecule has 8 N–H and O–H groups in total. The maximum Gasteiger partial charge on any atom is 0.494 e. The highest BCUT2D eigenvalue weighted by Gasteiger charge is 2.20. The smallest absolute Gasteiger partial charge is 0.423 e. The van der Waals surface area contributed by atoms with E-state index in [1.165, 1.54) is 24.3 Å². The Morgan fingerprint density at radius 3 is 1.17 bits per heavy atom. The first-order chi connectivity index (χ1) is 19.2. The van der Waals surface area contributed by atoms with E-state index in [0.717, 1.165) is 30.3 Å². The Morgan fingerprint density at radius 2 is 0.829 bits per heavy atom. The molecule has 0 radical (unpaired) electrons. The van der Waals surface area contributed by atoms with E-state index in [2.05, 4.69) is 0 Å². The summed E-state index contributed by atoms with van der Waals surface area (Å²) in [5.41, 5.74) is -0.477.